The van der Waals surface area contributed by atoms with Crippen molar-refractivity contribution < 1.29 is 34.4 Å². The Morgan fingerprint density at radius 1 is 1.08 bits per heavy atom. The van der Waals surface area contributed by atoms with Gasteiger partial charge in [-0.25, -0.2) is 9.59 Å². The van der Waals surface area contributed by atoms with Crippen LogP contribution >= 0.6 is 0 Å². The normalized spacial score (nSPS) is 23.0. The first kappa shape index (κ1) is 27.4. The van der Waals surface area contributed by atoms with Gasteiger partial charge in [-0.1, -0.05) is 12.1 Å². The number of nitrogens with zero attached hydrogens (tertiary/aromatic N) is 2. The molecule has 3 N–H and O–H groups in total. The van der Waals surface area contributed by atoms with Crippen LogP contribution in [0.5, 0.6) is 0 Å². The molecule has 9 nitrogen and oxygen atoms in total. The Bertz CT molecular complexity index is 1130. The molecule has 1 aromatic heterocycles. The molecular formula is C27H36N2O7. The number of hydrogen-bond donors (Lipinski definition) is 3. The number of aliphatic hydroxyl groups excluding tert-OH is 1. The van der Waals surface area contributed by atoms with Crippen molar-refractivity contribution in [3.05, 3.63) is 47.7 Å². The van der Waals surface area contributed by atoms with Crippen LogP contribution in [0, 0.1) is 5.92 Å². The summed E-state index contributed by atoms with van der Waals surface area (Å²) < 4.78 is 7.91. The molecule has 2 aromatic rings. The van der Waals surface area contributed by atoms with E-state index >= 15 is 0 Å². The van der Waals surface area contributed by atoms with Gasteiger partial charge >= 0.3 is 17.9 Å². The van der Waals surface area contributed by atoms with Gasteiger partial charge in [-0.05, 0) is 64.8 Å². The fourth-order valence-electron chi connectivity index (χ4n) is 5.19. The summed E-state index contributed by atoms with van der Waals surface area (Å²) in [6.45, 7) is 8.57. The number of piperidine rings is 1. The van der Waals surface area contributed by atoms with E-state index in [1.54, 1.807) is 13.8 Å². The van der Waals surface area contributed by atoms with Gasteiger partial charge in [0, 0.05) is 53.8 Å². The highest BCUT2D eigenvalue weighted by Crippen LogP contribution is 2.45. The number of carbonyl (C=O) groups is 3. The average molecular weight is 501 g/mol. The highest BCUT2D eigenvalue weighted by molar-refractivity contribution is 5.90. The standard InChI is InChI=1S/C23H32N2O3.C4H4O4/c1-13(2)25-12-16-10-21-19(18-7-6-8-20(25)22(16)18)9-17(11-24(21)5)23(27)28-15(4)14(3)26;5-3(6)1-2-4(7)8/h6-8,12-15,17,19,21,26H,9-11H2,1-5H3;1-2H,(H,5,6)(H,7,8)/b;2-1+/t14?,15?,17-,19-,21-;/m1./s1. The van der Waals surface area contributed by atoms with Crippen LogP contribution < -0.4 is 0 Å². The van der Waals surface area contributed by atoms with Crippen molar-refractivity contribution in [3.63, 3.8) is 0 Å². The van der Waals surface area contributed by atoms with Gasteiger partial charge < -0.3 is 29.5 Å². The maximum Gasteiger partial charge on any atom is 0.328 e. The molecule has 5 atom stereocenters. The van der Waals surface area contributed by atoms with Crippen molar-refractivity contribution in [1.82, 2.24) is 9.47 Å². The molecule has 9 heteroatoms. The molecule has 2 aliphatic rings. The van der Waals surface area contributed by atoms with E-state index in [4.69, 9.17) is 14.9 Å². The SMILES string of the molecule is CC(O)C(C)OC(=O)[C@@H]1C[C@@H]2c3cccc4c3c(cn4C(C)C)C[C@H]2N(C)C1.O=C(O)/C=C/C(=O)O. The first-order valence-corrected chi connectivity index (χ1v) is 12.3. The molecule has 0 bridgehead atoms. The molecule has 0 amide bonds. The molecule has 1 aliphatic carbocycles. The molecule has 0 radical (unpaired) electrons. The molecule has 2 heterocycles. The van der Waals surface area contributed by atoms with E-state index in [2.05, 4.69) is 54.8 Å². The quantitative estimate of drug-likeness (QED) is 0.407. The van der Waals surface area contributed by atoms with Crippen LogP contribution in [-0.2, 0) is 25.5 Å². The summed E-state index contributed by atoms with van der Waals surface area (Å²) in [7, 11) is 2.12. The molecule has 1 aromatic carbocycles. The second-order valence-electron chi connectivity index (χ2n) is 10.0. The van der Waals surface area contributed by atoms with Crippen LogP contribution in [-0.4, -0.2) is 74.5 Å². The first-order chi connectivity index (χ1) is 16.9. The van der Waals surface area contributed by atoms with Crippen LogP contribution in [0.25, 0.3) is 10.9 Å². The molecule has 0 spiro atoms. The zero-order valence-electron chi connectivity index (χ0n) is 21.4. The predicted molar refractivity (Wildman–Crippen MR) is 135 cm³/mol. The van der Waals surface area contributed by atoms with E-state index in [9.17, 15) is 19.5 Å². The lowest BCUT2D eigenvalue weighted by atomic mass is 9.72. The number of likely N-dealkylation sites (N-methyl/N-ethyl adjacent to an activating group) is 1. The number of aliphatic carboxylic acids is 2. The monoisotopic (exact) mass is 500 g/mol. The van der Waals surface area contributed by atoms with Gasteiger partial charge in [0.15, 0.2) is 0 Å². The van der Waals surface area contributed by atoms with Gasteiger partial charge in [0.05, 0.1) is 12.0 Å². The Morgan fingerprint density at radius 2 is 1.72 bits per heavy atom. The molecule has 0 saturated carbocycles. The van der Waals surface area contributed by atoms with E-state index in [1.807, 2.05) is 0 Å². The lowest BCUT2D eigenvalue weighted by molar-refractivity contribution is -0.160. The summed E-state index contributed by atoms with van der Waals surface area (Å²) in [6.07, 6.45) is 4.15. The third-order valence-electron chi connectivity index (χ3n) is 7.11. The Labute approximate surface area is 211 Å². The summed E-state index contributed by atoms with van der Waals surface area (Å²) in [6, 6.07) is 7.45. The number of esters is 1. The van der Waals surface area contributed by atoms with Gasteiger partial charge in [-0.2, -0.15) is 0 Å². The maximum absolute atomic E-state index is 12.8. The lowest BCUT2D eigenvalue weighted by Crippen LogP contribution is -2.50. The van der Waals surface area contributed by atoms with Crippen molar-refractivity contribution in [3.8, 4) is 0 Å². The Balaban J connectivity index is 0.000000392. The van der Waals surface area contributed by atoms with Gasteiger partial charge in [-0.3, -0.25) is 4.79 Å². The predicted octanol–water partition coefficient (Wildman–Crippen LogP) is 3.21. The molecule has 1 fully saturated rings. The molecule has 1 aliphatic heterocycles. The summed E-state index contributed by atoms with van der Waals surface area (Å²) >= 11 is 0. The summed E-state index contributed by atoms with van der Waals surface area (Å²) in [4.78, 5) is 34.2. The zero-order chi connectivity index (χ0) is 26.7. The number of carboxylic acid groups (broad SMARTS) is 2. The number of fused-ring (bicyclic) bond motifs is 2. The van der Waals surface area contributed by atoms with Crippen LogP contribution in [0.3, 0.4) is 0 Å². The molecule has 36 heavy (non-hydrogen) atoms. The van der Waals surface area contributed by atoms with E-state index in [0.29, 0.717) is 36.7 Å². The second-order valence-corrected chi connectivity index (χ2v) is 10.0. The van der Waals surface area contributed by atoms with Crippen molar-refractivity contribution in [2.45, 2.75) is 70.7 Å². The minimum Gasteiger partial charge on any atom is -0.478 e. The van der Waals surface area contributed by atoms with E-state index < -0.39 is 24.1 Å². The number of hydrogen-bond acceptors (Lipinski definition) is 6. The number of aromatic nitrogens is 1. The number of rotatable bonds is 6. The minimum absolute atomic E-state index is 0.156. The number of benzene rings is 1. The number of likely N-dealkylation sites (tertiary alicyclic amines) is 1. The third-order valence-corrected chi connectivity index (χ3v) is 7.11. The highest BCUT2D eigenvalue weighted by Gasteiger charge is 2.42. The Kier molecular flexibility index (Phi) is 8.58. The van der Waals surface area contributed by atoms with Crippen molar-refractivity contribution in [1.29, 1.82) is 0 Å². The summed E-state index contributed by atoms with van der Waals surface area (Å²) in [5, 5.41) is 26.7. The third kappa shape index (κ3) is 5.96. The Hall–Kier alpha value is -3.17. The summed E-state index contributed by atoms with van der Waals surface area (Å²) in [5.74, 6) is -2.52. The van der Waals surface area contributed by atoms with Gasteiger partial charge in [0.25, 0.3) is 0 Å². The molecule has 1 saturated heterocycles. The average Bonchev–Trinajstić information content (AvgIpc) is 3.18. The minimum atomic E-state index is -1.26. The van der Waals surface area contributed by atoms with Crippen LogP contribution in [0.15, 0.2) is 36.5 Å². The maximum atomic E-state index is 12.8. The first-order valence-electron chi connectivity index (χ1n) is 12.3. The Morgan fingerprint density at radius 3 is 2.28 bits per heavy atom. The van der Waals surface area contributed by atoms with Gasteiger partial charge in [0.1, 0.15) is 6.10 Å². The fraction of sp³-hybridized carbons (Fsp3) is 0.519. The van der Waals surface area contributed by atoms with Crippen LogP contribution in [0.2, 0.25) is 0 Å². The largest absolute Gasteiger partial charge is 0.478 e. The van der Waals surface area contributed by atoms with Crippen LogP contribution in [0.4, 0.5) is 0 Å². The topological polar surface area (TPSA) is 129 Å². The lowest BCUT2D eigenvalue weighted by Gasteiger charge is -2.45. The highest BCUT2D eigenvalue weighted by atomic mass is 16.6. The fourth-order valence-corrected chi connectivity index (χ4v) is 5.19. The number of aliphatic hydroxyl groups is 1. The van der Waals surface area contributed by atoms with E-state index in [1.165, 1.54) is 22.0 Å². The van der Waals surface area contributed by atoms with Crippen LogP contribution in [0.1, 0.15) is 57.2 Å². The number of carboxylic acids is 2. The molecule has 4 rings (SSSR count). The number of carbonyl (C=O) groups excluding carboxylic acids is 1. The smallest absolute Gasteiger partial charge is 0.328 e. The number of ether oxygens (including phenoxy) is 1. The van der Waals surface area contributed by atoms with Gasteiger partial charge in [-0.15, -0.1) is 0 Å². The summed E-state index contributed by atoms with van der Waals surface area (Å²) in [5.41, 5.74) is 4.10. The molecular weight excluding hydrogens is 464 g/mol. The van der Waals surface area contributed by atoms with Gasteiger partial charge in [0.2, 0.25) is 0 Å². The van der Waals surface area contributed by atoms with Crippen molar-refractivity contribution in [2.24, 2.45) is 5.92 Å². The van der Waals surface area contributed by atoms with E-state index in [0.717, 1.165) is 12.8 Å². The molecule has 2 unspecified atom stereocenters. The van der Waals surface area contributed by atoms with E-state index in [-0.39, 0.29) is 11.9 Å². The second kappa shape index (κ2) is 11.3. The molecule has 196 valence electrons. The van der Waals surface area contributed by atoms with Crippen molar-refractivity contribution in [2.75, 3.05) is 13.6 Å². The zero-order valence-corrected chi connectivity index (χ0v) is 21.4. The van der Waals surface area contributed by atoms with Crippen molar-refractivity contribution >= 4 is 28.8 Å².